The van der Waals surface area contributed by atoms with Gasteiger partial charge in [0.05, 0.1) is 30.2 Å². The number of carbonyl (C=O) groups excluding carboxylic acids is 1. The van der Waals surface area contributed by atoms with Gasteiger partial charge in [0.25, 0.3) is 11.5 Å². The number of aromatic nitrogens is 4. The van der Waals surface area contributed by atoms with Crippen LogP contribution >= 0.6 is 0 Å². The summed E-state index contributed by atoms with van der Waals surface area (Å²) in [7, 11) is 2.21. The molecule has 2 N–H and O–H groups in total. The summed E-state index contributed by atoms with van der Waals surface area (Å²) in [4.78, 5) is 31.1. The second-order valence-corrected chi connectivity index (χ2v) is 8.09. The largest absolute Gasteiger partial charge is 0.417 e. The highest BCUT2D eigenvalue weighted by molar-refractivity contribution is 5.89. The van der Waals surface area contributed by atoms with E-state index < -0.39 is 47.5 Å². The van der Waals surface area contributed by atoms with Crippen LogP contribution in [-0.4, -0.2) is 62.8 Å². The average molecular weight is 485 g/mol. The second-order valence-electron chi connectivity index (χ2n) is 8.09. The van der Waals surface area contributed by atoms with E-state index >= 15 is 8.78 Å². The predicted molar refractivity (Wildman–Crippen MR) is 113 cm³/mol. The molecule has 0 unspecified atom stereocenters. The van der Waals surface area contributed by atoms with Gasteiger partial charge in [0.15, 0.2) is 5.65 Å². The summed E-state index contributed by atoms with van der Waals surface area (Å²) in [6.07, 6.45) is -1.34. The first kappa shape index (κ1) is 23.4. The number of pyridine rings is 2. The molecule has 4 heterocycles. The van der Waals surface area contributed by atoms with Crippen LogP contribution < -0.4 is 15.8 Å². The quantitative estimate of drug-likeness (QED) is 0.556. The molecule has 1 aliphatic heterocycles. The number of aromatic amines is 1. The van der Waals surface area contributed by atoms with Crippen molar-refractivity contribution in [3.05, 3.63) is 46.6 Å². The van der Waals surface area contributed by atoms with Crippen molar-refractivity contribution in [1.82, 2.24) is 24.6 Å². The van der Waals surface area contributed by atoms with E-state index in [9.17, 15) is 22.8 Å². The molecule has 0 aromatic carbocycles. The molecule has 34 heavy (non-hydrogen) atoms. The van der Waals surface area contributed by atoms with Gasteiger partial charge in [-0.25, -0.2) is 18.6 Å². The zero-order valence-corrected chi connectivity index (χ0v) is 18.0. The van der Waals surface area contributed by atoms with Gasteiger partial charge in [0.1, 0.15) is 11.7 Å². The fraction of sp³-hybridized carbons (Fsp3) is 0.400. The van der Waals surface area contributed by atoms with Crippen molar-refractivity contribution in [3.8, 4) is 0 Å². The molecule has 1 fully saturated rings. The summed E-state index contributed by atoms with van der Waals surface area (Å²) in [6.45, 7) is -0.528. The van der Waals surface area contributed by atoms with Gasteiger partial charge >= 0.3 is 12.2 Å². The van der Waals surface area contributed by atoms with Crippen molar-refractivity contribution >= 4 is 28.4 Å². The number of rotatable bonds is 3. The zero-order chi connectivity index (χ0) is 24.8. The van der Waals surface area contributed by atoms with Crippen LogP contribution in [-0.2, 0) is 13.2 Å². The van der Waals surface area contributed by atoms with Crippen molar-refractivity contribution in [2.75, 3.05) is 30.4 Å². The van der Waals surface area contributed by atoms with E-state index in [0.29, 0.717) is 38.5 Å². The molecule has 1 saturated heterocycles. The Morgan fingerprint density at radius 2 is 2.03 bits per heavy atom. The highest BCUT2D eigenvalue weighted by Gasteiger charge is 2.48. The Kier molecular flexibility index (Phi) is 5.69. The van der Waals surface area contributed by atoms with E-state index in [1.165, 1.54) is 17.3 Å². The van der Waals surface area contributed by atoms with Crippen molar-refractivity contribution in [2.24, 2.45) is 7.05 Å². The third-order valence-electron chi connectivity index (χ3n) is 5.74. The molecule has 0 spiro atoms. The van der Waals surface area contributed by atoms with Crippen LogP contribution in [0.15, 0.2) is 35.5 Å². The summed E-state index contributed by atoms with van der Waals surface area (Å²) < 4.78 is 70.0. The normalized spacial score (nSPS) is 18.2. The van der Waals surface area contributed by atoms with E-state index in [1.54, 1.807) is 6.07 Å². The SMILES string of the molecule is CN(C(=O)Nc1cc(C(F)(F)F)cn(C)c1=O)[C@H]1CCN(c2cnc3[nH]ncc3c2)CC1(F)F. The van der Waals surface area contributed by atoms with E-state index in [4.69, 9.17) is 0 Å². The van der Waals surface area contributed by atoms with Crippen LogP contribution in [0.3, 0.4) is 0 Å². The maximum atomic E-state index is 15.1. The molecule has 0 aliphatic carbocycles. The molecule has 0 bridgehead atoms. The third-order valence-corrected chi connectivity index (χ3v) is 5.74. The monoisotopic (exact) mass is 485 g/mol. The van der Waals surface area contributed by atoms with E-state index in [-0.39, 0.29) is 13.0 Å². The number of amides is 2. The minimum absolute atomic E-state index is 0.124. The molecule has 4 rings (SSSR count). The predicted octanol–water partition coefficient (Wildman–Crippen LogP) is 3.05. The topological polar surface area (TPSA) is 99.1 Å². The minimum atomic E-state index is -4.76. The van der Waals surface area contributed by atoms with E-state index in [0.717, 1.165) is 14.1 Å². The molecule has 9 nitrogen and oxygen atoms in total. The van der Waals surface area contributed by atoms with E-state index in [2.05, 4.69) is 15.2 Å². The Balaban J connectivity index is 1.50. The maximum Gasteiger partial charge on any atom is 0.417 e. The van der Waals surface area contributed by atoms with Crippen molar-refractivity contribution < 1.29 is 26.7 Å². The first-order valence-electron chi connectivity index (χ1n) is 10.1. The Hall–Kier alpha value is -3.71. The third kappa shape index (κ3) is 4.39. The number of piperidine rings is 1. The molecule has 3 aromatic heterocycles. The molecule has 0 saturated carbocycles. The van der Waals surface area contributed by atoms with Gasteiger partial charge in [0.2, 0.25) is 0 Å². The number of hydrogen-bond acceptors (Lipinski definition) is 5. The average Bonchev–Trinajstić information content (AvgIpc) is 3.22. The Morgan fingerprint density at radius 1 is 1.29 bits per heavy atom. The molecule has 14 heteroatoms. The van der Waals surface area contributed by atoms with Gasteiger partial charge in [0, 0.05) is 32.2 Å². The smallest absolute Gasteiger partial charge is 0.364 e. The maximum absolute atomic E-state index is 15.1. The molecule has 3 aromatic rings. The van der Waals surface area contributed by atoms with Crippen LogP contribution in [0.25, 0.3) is 11.0 Å². The van der Waals surface area contributed by atoms with Crippen LogP contribution in [0.5, 0.6) is 0 Å². The first-order valence-corrected chi connectivity index (χ1v) is 10.1. The van der Waals surface area contributed by atoms with Crippen LogP contribution in [0.2, 0.25) is 0 Å². The van der Waals surface area contributed by atoms with Crippen molar-refractivity contribution in [3.63, 3.8) is 0 Å². The van der Waals surface area contributed by atoms with Gasteiger partial charge in [-0.2, -0.15) is 18.3 Å². The molecule has 182 valence electrons. The number of H-pyrrole nitrogens is 1. The Labute approximate surface area is 189 Å². The van der Waals surface area contributed by atoms with Crippen LogP contribution in [0, 0.1) is 0 Å². The van der Waals surface area contributed by atoms with E-state index in [1.807, 2.05) is 5.32 Å². The number of alkyl halides is 5. The number of fused-ring (bicyclic) bond motifs is 1. The van der Waals surface area contributed by atoms with Crippen molar-refractivity contribution in [1.29, 1.82) is 0 Å². The minimum Gasteiger partial charge on any atom is -0.364 e. The zero-order valence-electron chi connectivity index (χ0n) is 18.0. The number of anilines is 2. The fourth-order valence-electron chi connectivity index (χ4n) is 3.92. The lowest BCUT2D eigenvalue weighted by Gasteiger charge is -2.42. The number of carbonyl (C=O) groups is 1. The molecular weight excluding hydrogens is 465 g/mol. The van der Waals surface area contributed by atoms with Crippen molar-refractivity contribution in [2.45, 2.75) is 24.6 Å². The highest BCUT2D eigenvalue weighted by atomic mass is 19.4. The molecule has 1 atom stereocenters. The van der Waals surface area contributed by atoms with Crippen LogP contribution in [0.4, 0.5) is 38.1 Å². The lowest BCUT2D eigenvalue weighted by molar-refractivity contribution is -0.138. The number of halogens is 5. The van der Waals surface area contributed by atoms with Crippen LogP contribution in [0.1, 0.15) is 12.0 Å². The summed E-state index contributed by atoms with van der Waals surface area (Å²) in [6, 6.07) is -0.504. The van der Waals surface area contributed by atoms with Gasteiger partial charge in [-0.15, -0.1) is 0 Å². The van der Waals surface area contributed by atoms with Gasteiger partial charge in [-0.1, -0.05) is 0 Å². The number of nitrogens with one attached hydrogen (secondary N) is 2. The lowest BCUT2D eigenvalue weighted by Crippen LogP contribution is -2.59. The summed E-state index contributed by atoms with van der Waals surface area (Å²) >= 11 is 0. The summed E-state index contributed by atoms with van der Waals surface area (Å²) in [5, 5.41) is 9.22. The molecule has 2 amide bonds. The Morgan fingerprint density at radius 3 is 2.71 bits per heavy atom. The number of nitrogens with zero attached hydrogens (tertiary/aromatic N) is 5. The van der Waals surface area contributed by atoms with Gasteiger partial charge < -0.3 is 19.7 Å². The highest BCUT2D eigenvalue weighted by Crippen LogP contribution is 2.34. The number of aryl methyl sites for hydroxylation is 1. The second kappa shape index (κ2) is 8.25. The molecule has 0 radical (unpaired) electrons. The standard InChI is InChI=1S/C20H20F5N7O2/c1-30-9-12(20(23,24)25)6-14(17(30)33)28-18(34)31(2)15-3-4-32(10-19(15,21)22)13-5-11-7-27-29-16(11)26-8-13/h5-9,15H,3-4,10H2,1-2H3,(H,28,34)(H,26,27,29)/t15-/m0/s1. The van der Waals surface area contributed by atoms with Gasteiger partial charge in [-0.3, -0.25) is 9.89 Å². The summed E-state index contributed by atoms with van der Waals surface area (Å²) in [5.74, 6) is -3.35. The molecule has 1 aliphatic rings. The lowest BCUT2D eigenvalue weighted by atomic mass is 9.99. The fourth-order valence-corrected chi connectivity index (χ4v) is 3.92. The summed E-state index contributed by atoms with van der Waals surface area (Å²) in [5.41, 5.74) is -1.74. The number of urea groups is 1. The first-order chi connectivity index (χ1) is 15.9. The van der Waals surface area contributed by atoms with Gasteiger partial charge in [-0.05, 0) is 18.6 Å². The molecular formula is C20H20F5N7O2. The Bertz CT molecular complexity index is 1290. The number of hydrogen-bond donors (Lipinski definition) is 2.